The van der Waals surface area contributed by atoms with Crippen molar-refractivity contribution in [3.63, 3.8) is 0 Å². The lowest BCUT2D eigenvalue weighted by atomic mass is 10.1. The van der Waals surface area contributed by atoms with Crippen molar-refractivity contribution in [1.29, 1.82) is 0 Å². The smallest absolute Gasteiger partial charge is 0.264 e. The number of benzene rings is 2. The third-order valence-electron chi connectivity index (χ3n) is 4.59. The highest BCUT2D eigenvalue weighted by Crippen LogP contribution is 2.19. The molecule has 1 atom stereocenters. The van der Waals surface area contributed by atoms with Crippen LogP contribution in [0.25, 0.3) is 0 Å². The SMILES string of the molecule is Cc1ccc(OC(C)C(=O)N(Cc2ccccc2)Cc2ccco2)cc1C. The number of hydrogen-bond donors (Lipinski definition) is 0. The maximum atomic E-state index is 13.1. The fraction of sp³-hybridized carbons (Fsp3) is 0.261. The minimum atomic E-state index is -0.592. The molecule has 0 N–H and O–H groups in total. The molecule has 140 valence electrons. The van der Waals surface area contributed by atoms with Gasteiger partial charge < -0.3 is 14.1 Å². The highest BCUT2D eigenvalue weighted by Gasteiger charge is 2.23. The Bertz CT molecular complexity index is 872. The third-order valence-corrected chi connectivity index (χ3v) is 4.59. The number of aryl methyl sites for hydroxylation is 2. The summed E-state index contributed by atoms with van der Waals surface area (Å²) in [6.45, 7) is 6.78. The van der Waals surface area contributed by atoms with Crippen LogP contribution in [0, 0.1) is 13.8 Å². The summed E-state index contributed by atoms with van der Waals surface area (Å²) in [5, 5.41) is 0. The van der Waals surface area contributed by atoms with Gasteiger partial charge in [0.05, 0.1) is 12.8 Å². The van der Waals surface area contributed by atoms with Crippen molar-refractivity contribution in [2.75, 3.05) is 0 Å². The fourth-order valence-electron chi connectivity index (χ4n) is 2.91. The molecule has 1 amide bonds. The molecule has 4 heteroatoms. The predicted molar refractivity (Wildman–Crippen MR) is 105 cm³/mol. The Morgan fingerprint density at radius 3 is 2.44 bits per heavy atom. The van der Waals surface area contributed by atoms with Crippen LogP contribution < -0.4 is 4.74 Å². The van der Waals surface area contributed by atoms with Crippen LogP contribution in [0.3, 0.4) is 0 Å². The fourth-order valence-corrected chi connectivity index (χ4v) is 2.91. The summed E-state index contributed by atoms with van der Waals surface area (Å²) in [7, 11) is 0. The standard InChI is InChI=1S/C23H25NO3/c1-17-11-12-21(14-18(17)2)27-19(3)23(25)24(16-22-10-7-13-26-22)15-20-8-5-4-6-9-20/h4-14,19H,15-16H2,1-3H3. The number of furan rings is 1. The molecule has 2 aromatic carbocycles. The van der Waals surface area contributed by atoms with Crippen molar-refractivity contribution in [1.82, 2.24) is 4.90 Å². The summed E-state index contributed by atoms with van der Waals surface area (Å²) in [6.07, 6.45) is 1.03. The first kappa shape index (κ1) is 18.8. The number of ether oxygens (including phenoxy) is 1. The highest BCUT2D eigenvalue weighted by molar-refractivity contribution is 5.80. The Labute approximate surface area is 160 Å². The second kappa shape index (κ2) is 8.58. The van der Waals surface area contributed by atoms with E-state index in [9.17, 15) is 4.79 Å². The van der Waals surface area contributed by atoms with E-state index < -0.39 is 6.10 Å². The van der Waals surface area contributed by atoms with Crippen molar-refractivity contribution >= 4 is 5.91 Å². The average Bonchev–Trinajstić information content (AvgIpc) is 3.17. The largest absolute Gasteiger partial charge is 0.481 e. The van der Waals surface area contributed by atoms with Crippen molar-refractivity contribution in [2.24, 2.45) is 0 Å². The van der Waals surface area contributed by atoms with Gasteiger partial charge in [0.2, 0.25) is 0 Å². The van der Waals surface area contributed by atoms with Crippen LogP contribution in [0.15, 0.2) is 71.3 Å². The molecular formula is C23H25NO3. The van der Waals surface area contributed by atoms with E-state index in [1.807, 2.05) is 67.6 Å². The first-order chi connectivity index (χ1) is 13.0. The number of nitrogens with zero attached hydrogens (tertiary/aromatic N) is 1. The highest BCUT2D eigenvalue weighted by atomic mass is 16.5. The molecule has 1 heterocycles. The van der Waals surface area contributed by atoms with Crippen LogP contribution in [-0.2, 0) is 17.9 Å². The van der Waals surface area contributed by atoms with Crippen LogP contribution in [0.2, 0.25) is 0 Å². The van der Waals surface area contributed by atoms with Gasteiger partial charge in [0.15, 0.2) is 6.10 Å². The summed E-state index contributed by atoms with van der Waals surface area (Å²) in [5.74, 6) is 1.38. The van der Waals surface area contributed by atoms with Crippen molar-refractivity contribution in [2.45, 2.75) is 40.0 Å². The van der Waals surface area contributed by atoms with Gasteiger partial charge in [-0.2, -0.15) is 0 Å². The molecule has 4 nitrogen and oxygen atoms in total. The van der Waals surface area contributed by atoms with E-state index in [2.05, 4.69) is 6.92 Å². The molecule has 0 bridgehead atoms. The molecule has 0 saturated heterocycles. The Morgan fingerprint density at radius 1 is 1.00 bits per heavy atom. The first-order valence-electron chi connectivity index (χ1n) is 9.12. The summed E-state index contributed by atoms with van der Waals surface area (Å²) >= 11 is 0. The van der Waals surface area contributed by atoms with Crippen molar-refractivity contribution in [3.05, 3.63) is 89.4 Å². The van der Waals surface area contributed by atoms with E-state index in [1.165, 1.54) is 5.56 Å². The third kappa shape index (κ3) is 5.00. The van der Waals surface area contributed by atoms with Gasteiger partial charge in [-0.15, -0.1) is 0 Å². The minimum Gasteiger partial charge on any atom is -0.481 e. The quantitative estimate of drug-likeness (QED) is 0.600. The van der Waals surface area contributed by atoms with Gasteiger partial charge in [0, 0.05) is 6.54 Å². The van der Waals surface area contributed by atoms with E-state index in [4.69, 9.17) is 9.15 Å². The molecule has 0 spiro atoms. The van der Waals surface area contributed by atoms with E-state index in [0.29, 0.717) is 18.8 Å². The molecule has 1 aromatic heterocycles. The number of hydrogen-bond acceptors (Lipinski definition) is 3. The Kier molecular flexibility index (Phi) is 5.97. The minimum absolute atomic E-state index is 0.0755. The van der Waals surface area contributed by atoms with E-state index in [1.54, 1.807) is 18.1 Å². The maximum Gasteiger partial charge on any atom is 0.264 e. The maximum absolute atomic E-state index is 13.1. The van der Waals surface area contributed by atoms with Crippen LogP contribution >= 0.6 is 0 Å². The zero-order valence-electron chi connectivity index (χ0n) is 16.0. The molecule has 0 aliphatic rings. The number of amides is 1. The van der Waals surface area contributed by atoms with Crippen molar-refractivity contribution < 1.29 is 13.9 Å². The number of rotatable bonds is 7. The molecule has 0 radical (unpaired) electrons. The summed E-state index contributed by atoms with van der Waals surface area (Å²) in [6, 6.07) is 19.5. The number of carbonyl (C=O) groups is 1. The van der Waals surface area contributed by atoms with Crippen LogP contribution in [-0.4, -0.2) is 16.9 Å². The van der Waals surface area contributed by atoms with Gasteiger partial charge >= 0.3 is 0 Å². The molecular weight excluding hydrogens is 338 g/mol. The van der Waals surface area contributed by atoms with Crippen LogP contribution in [0.4, 0.5) is 0 Å². The van der Waals surface area contributed by atoms with Gasteiger partial charge in [0.1, 0.15) is 11.5 Å². The summed E-state index contributed by atoms with van der Waals surface area (Å²) in [5.41, 5.74) is 3.41. The van der Waals surface area contributed by atoms with Gasteiger partial charge in [0.25, 0.3) is 5.91 Å². The predicted octanol–water partition coefficient (Wildman–Crippen LogP) is 4.89. The van der Waals surface area contributed by atoms with E-state index >= 15 is 0 Å². The molecule has 3 aromatic rings. The van der Waals surface area contributed by atoms with Gasteiger partial charge in [-0.25, -0.2) is 0 Å². The van der Waals surface area contributed by atoms with Crippen molar-refractivity contribution in [3.8, 4) is 5.75 Å². The molecule has 0 aliphatic heterocycles. The normalized spacial score (nSPS) is 11.8. The van der Waals surface area contributed by atoms with Gasteiger partial charge in [-0.05, 0) is 61.7 Å². The Hall–Kier alpha value is -3.01. The second-order valence-electron chi connectivity index (χ2n) is 6.77. The van der Waals surface area contributed by atoms with Crippen LogP contribution in [0.1, 0.15) is 29.4 Å². The molecule has 27 heavy (non-hydrogen) atoms. The molecule has 0 fully saturated rings. The van der Waals surface area contributed by atoms with Gasteiger partial charge in [-0.1, -0.05) is 36.4 Å². The summed E-state index contributed by atoms with van der Waals surface area (Å²) in [4.78, 5) is 14.9. The number of carbonyl (C=O) groups excluding carboxylic acids is 1. The van der Waals surface area contributed by atoms with Gasteiger partial charge in [-0.3, -0.25) is 4.79 Å². The summed E-state index contributed by atoms with van der Waals surface area (Å²) < 4.78 is 11.4. The lowest BCUT2D eigenvalue weighted by Gasteiger charge is -2.25. The monoisotopic (exact) mass is 363 g/mol. The van der Waals surface area contributed by atoms with E-state index in [-0.39, 0.29) is 5.91 Å². The molecule has 0 aliphatic carbocycles. The Balaban J connectivity index is 1.75. The first-order valence-corrected chi connectivity index (χ1v) is 9.12. The Morgan fingerprint density at radius 2 is 1.78 bits per heavy atom. The zero-order valence-corrected chi connectivity index (χ0v) is 16.0. The molecule has 0 saturated carbocycles. The molecule has 3 rings (SSSR count). The second-order valence-corrected chi connectivity index (χ2v) is 6.77. The topological polar surface area (TPSA) is 42.7 Å². The van der Waals surface area contributed by atoms with Crippen LogP contribution in [0.5, 0.6) is 5.75 Å². The average molecular weight is 363 g/mol. The lowest BCUT2D eigenvalue weighted by molar-refractivity contribution is -0.139. The van der Waals surface area contributed by atoms with E-state index in [0.717, 1.165) is 16.9 Å². The zero-order chi connectivity index (χ0) is 19.2. The lowest BCUT2D eigenvalue weighted by Crippen LogP contribution is -2.39. The molecule has 1 unspecified atom stereocenters.